The number of hydrogen-bond donors (Lipinski definition) is 2. The Morgan fingerprint density at radius 1 is 1.15 bits per heavy atom. The lowest BCUT2D eigenvalue weighted by atomic mass is 10.0. The van der Waals surface area contributed by atoms with E-state index < -0.39 is 10.0 Å². The van der Waals surface area contributed by atoms with Gasteiger partial charge in [0.15, 0.2) is 5.96 Å². The van der Waals surface area contributed by atoms with Gasteiger partial charge in [-0.1, -0.05) is 38.5 Å². The number of ether oxygens (including phenoxy) is 1. The second-order valence-corrected chi connectivity index (χ2v) is 9.25. The minimum atomic E-state index is -3.22. The van der Waals surface area contributed by atoms with Crippen LogP contribution in [0.25, 0.3) is 0 Å². The lowest BCUT2D eigenvalue weighted by Crippen LogP contribution is -2.45. The van der Waals surface area contributed by atoms with E-state index in [1.165, 1.54) is 42.8 Å². The average molecular weight is 516 g/mol. The molecule has 0 aromatic rings. The van der Waals surface area contributed by atoms with Crippen LogP contribution in [-0.2, 0) is 14.8 Å². The van der Waals surface area contributed by atoms with E-state index in [0.29, 0.717) is 38.8 Å². The van der Waals surface area contributed by atoms with Crippen LogP contribution in [0.15, 0.2) is 4.99 Å². The number of rotatable bonds is 10. The molecule has 0 aromatic carbocycles. The number of guanidine groups is 1. The van der Waals surface area contributed by atoms with Crippen molar-refractivity contribution in [3.63, 3.8) is 0 Å². The molecular weight excluding hydrogens is 479 g/mol. The summed E-state index contributed by atoms with van der Waals surface area (Å²) >= 11 is 0. The zero-order valence-electron chi connectivity index (χ0n) is 16.6. The first-order valence-electron chi connectivity index (χ1n) is 10.2. The number of nitrogens with one attached hydrogen (secondary N) is 2. The zero-order chi connectivity index (χ0) is 18.7. The molecule has 0 radical (unpaired) electrons. The van der Waals surface area contributed by atoms with Crippen LogP contribution in [0.1, 0.15) is 51.9 Å². The van der Waals surface area contributed by atoms with E-state index >= 15 is 0 Å². The Morgan fingerprint density at radius 2 is 1.85 bits per heavy atom. The van der Waals surface area contributed by atoms with Gasteiger partial charge >= 0.3 is 0 Å². The lowest BCUT2D eigenvalue weighted by Gasteiger charge is -2.26. The van der Waals surface area contributed by atoms with Crippen molar-refractivity contribution in [1.29, 1.82) is 0 Å². The third-order valence-corrected chi connectivity index (χ3v) is 7.00. The first kappa shape index (κ1) is 24.9. The van der Waals surface area contributed by atoms with Crippen LogP contribution in [0.5, 0.6) is 0 Å². The van der Waals surface area contributed by atoms with Crippen molar-refractivity contribution in [2.24, 2.45) is 10.9 Å². The van der Waals surface area contributed by atoms with Crippen LogP contribution in [0.4, 0.5) is 0 Å². The molecule has 0 aromatic heterocycles. The molecule has 2 aliphatic rings. The number of morpholine rings is 1. The van der Waals surface area contributed by atoms with Gasteiger partial charge in [0.1, 0.15) is 0 Å². The van der Waals surface area contributed by atoms with E-state index in [1.54, 1.807) is 0 Å². The topological polar surface area (TPSA) is 83.0 Å². The maximum atomic E-state index is 12.3. The fourth-order valence-electron chi connectivity index (χ4n) is 3.63. The van der Waals surface area contributed by atoms with Crippen molar-refractivity contribution < 1.29 is 13.2 Å². The monoisotopic (exact) mass is 516 g/mol. The van der Waals surface area contributed by atoms with Gasteiger partial charge in [-0.3, -0.25) is 4.99 Å². The highest BCUT2D eigenvalue weighted by atomic mass is 127. The molecule has 160 valence electrons. The van der Waals surface area contributed by atoms with Gasteiger partial charge in [0.2, 0.25) is 10.0 Å². The van der Waals surface area contributed by atoms with Gasteiger partial charge < -0.3 is 15.4 Å². The molecule has 0 unspecified atom stereocenters. The fourth-order valence-corrected chi connectivity index (χ4v) is 4.95. The minimum Gasteiger partial charge on any atom is -0.379 e. The summed E-state index contributed by atoms with van der Waals surface area (Å²) in [4.78, 5) is 4.58. The van der Waals surface area contributed by atoms with E-state index in [1.807, 2.05) is 6.92 Å². The van der Waals surface area contributed by atoms with Crippen LogP contribution in [-0.4, -0.2) is 70.4 Å². The van der Waals surface area contributed by atoms with Crippen molar-refractivity contribution in [3.8, 4) is 0 Å². The Morgan fingerprint density at radius 3 is 2.52 bits per heavy atom. The van der Waals surface area contributed by atoms with E-state index in [-0.39, 0.29) is 29.7 Å². The van der Waals surface area contributed by atoms with Gasteiger partial charge in [-0.2, -0.15) is 4.31 Å². The van der Waals surface area contributed by atoms with Gasteiger partial charge in [-0.15, -0.1) is 24.0 Å². The molecule has 0 amide bonds. The van der Waals surface area contributed by atoms with Gasteiger partial charge in [-0.25, -0.2) is 8.42 Å². The Hall–Kier alpha value is -0.130. The first-order valence-corrected chi connectivity index (χ1v) is 11.8. The predicted octanol–water partition coefficient (Wildman–Crippen LogP) is 2.18. The molecule has 0 spiro atoms. The summed E-state index contributed by atoms with van der Waals surface area (Å²) < 4.78 is 31.4. The summed E-state index contributed by atoms with van der Waals surface area (Å²) in [6.45, 7) is 5.82. The molecule has 0 atom stereocenters. The van der Waals surface area contributed by atoms with E-state index in [0.717, 1.165) is 25.4 Å². The molecular formula is C18H37IN4O3S. The highest BCUT2D eigenvalue weighted by molar-refractivity contribution is 14.0. The van der Waals surface area contributed by atoms with Crippen LogP contribution in [0.3, 0.4) is 0 Å². The van der Waals surface area contributed by atoms with Crippen molar-refractivity contribution in [3.05, 3.63) is 0 Å². The number of sulfonamides is 1. The second kappa shape index (κ2) is 13.9. The molecule has 7 nitrogen and oxygen atoms in total. The molecule has 1 aliphatic carbocycles. The Bertz CT molecular complexity index is 519. The minimum absolute atomic E-state index is 0. The maximum absolute atomic E-state index is 12.3. The van der Waals surface area contributed by atoms with Crippen molar-refractivity contribution in [2.75, 3.05) is 51.7 Å². The number of unbranched alkanes of at least 4 members (excludes halogenated alkanes) is 1. The largest absolute Gasteiger partial charge is 0.379 e. The first-order chi connectivity index (χ1) is 12.6. The number of halogens is 1. The van der Waals surface area contributed by atoms with Crippen LogP contribution in [0.2, 0.25) is 0 Å². The fraction of sp³-hybridized carbons (Fsp3) is 0.944. The average Bonchev–Trinajstić information content (AvgIpc) is 3.15. The molecule has 1 heterocycles. The van der Waals surface area contributed by atoms with Crippen molar-refractivity contribution in [2.45, 2.75) is 51.9 Å². The van der Waals surface area contributed by atoms with Gasteiger partial charge in [0.25, 0.3) is 0 Å². The third-order valence-electron chi connectivity index (χ3n) is 5.13. The Balaban J connectivity index is 0.00000364. The van der Waals surface area contributed by atoms with Gasteiger partial charge in [0.05, 0.1) is 19.0 Å². The van der Waals surface area contributed by atoms with Crippen LogP contribution < -0.4 is 10.6 Å². The zero-order valence-corrected chi connectivity index (χ0v) is 19.8. The van der Waals surface area contributed by atoms with Crippen LogP contribution >= 0.6 is 24.0 Å². The van der Waals surface area contributed by atoms with Gasteiger partial charge in [-0.05, 0) is 19.3 Å². The molecule has 27 heavy (non-hydrogen) atoms. The molecule has 2 N–H and O–H groups in total. The molecule has 1 saturated heterocycles. The van der Waals surface area contributed by atoms with E-state index in [2.05, 4.69) is 15.6 Å². The molecule has 1 saturated carbocycles. The van der Waals surface area contributed by atoms with E-state index in [9.17, 15) is 8.42 Å². The Labute approximate surface area is 182 Å². The predicted molar refractivity (Wildman–Crippen MR) is 121 cm³/mol. The van der Waals surface area contributed by atoms with Crippen LogP contribution in [0, 0.1) is 5.92 Å². The maximum Gasteiger partial charge on any atom is 0.215 e. The normalized spacial score (nSPS) is 19.7. The highest BCUT2D eigenvalue weighted by Gasteiger charge is 2.23. The van der Waals surface area contributed by atoms with Crippen molar-refractivity contribution in [1.82, 2.24) is 14.9 Å². The molecule has 9 heteroatoms. The summed E-state index contributed by atoms with van der Waals surface area (Å²) in [6, 6.07) is 0. The molecule has 1 aliphatic heterocycles. The number of nitrogens with zero attached hydrogens (tertiary/aromatic N) is 2. The summed E-state index contributed by atoms with van der Waals surface area (Å²) in [5, 5.41) is 6.34. The summed E-state index contributed by atoms with van der Waals surface area (Å²) in [7, 11) is -3.22. The van der Waals surface area contributed by atoms with Gasteiger partial charge in [0, 0.05) is 32.7 Å². The summed E-state index contributed by atoms with van der Waals surface area (Å²) in [5.74, 6) is 1.74. The molecule has 2 fully saturated rings. The smallest absolute Gasteiger partial charge is 0.215 e. The number of aliphatic imine (C=N–C) groups is 1. The summed E-state index contributed by atoms with van der Waals surface area (Å²) in [5.41, 5.74) is 0. The van der Waals surface area contributed by atoms with E-state index in [4.69, 9.17) is 4.74 Å². The van der Waals surface area contributed by atoms with Crippen molar-refractivity contribution >= 4 is 40.0 Å². The highest BCUT2D eigenvalue weighted by Crippen LogP contribution is 2.28. The standard InChI is InChI=1S/C18H36N4O3S.HI/c1-2-19-18(20-10-6-5-9-17-7-3-4-8-17)21-11-16-26(23,24)22-12-14-25-15-13-22;/h17H,2-16H2,1H3,(H2,19,20,21);1H. The SMILES string of the molecule is CCNC(=NCCCCC1CCCC1)NCCS(=O)(=O)N1CCOCC1.I. The Kier molecular flexibility index (Phi) is 12.9. The number of hydrogen-bond acceptors (Lipinski definition) is 4. The quantitative estimate of drug-likeness (QED) is 0.201. The third kappa shape index (κ3) is 9.76. The lowest BCUT2D eigenvalue weighted by molar-refractivity contribution is 0.0730. The second-order valence-electron chi connectivity index (χ2n) is 7.16. The molecule has 0 bridgehead atoms. The molecule has 2 rings (SSSR count). The summed E-state index contributed by atoms with van der Waals surface area (Å²) in [6.07, 6.45) is 9.29.